The first-order valence-electron chi connectivity index (χ1n) is 8.65. The highest BCUT2D eigenvalue weighted by Crippen LogP contribution is 2.32. The molecule has 0 saturated carbocycles. The van der Waals surface area contributed by atoms with Gasteiger partial charge in [0.1, 0.15) is 0 Å². The molecule has 0 spiro atoms. The van der Waals surface area contributed by atoms with Crippen LogP contribution in [-0.2, 0) is 30.7 Å². The molecule has 0 radical (unpaired) electrons. The molecule has 0 bridgehead atoms. The Balaban J connectivity index is 1.85. The van der Waals surface area contributed by atoms with Gasteiger partial charge < -0.3 is 9.47 Å². The Morgan fingerprint density at radius 3 is 2.56 bits per heavy atom. The molecule has 1 saturated heterocycles. The van der Waals surface area contributed by atoms with Crippen molar-refractivity contribution in [1.29, 1.82) is 0 Å². The number of ether oxygens (including phenoxy) is 2. The lowest BCUT2D eigenvalue weighted by Gasteiger charge is -2.25. The van der Waals surface area contributed by atoms with Crippen molar-refractivity contribution in [2.75, 3.05) is 20.0 Å². The molecule has 0 aromatic heterocycles. The van der Waals surface area contributed by atoms with E-state index in [9.17, 15) is 13.2 Å². The van der Waals surface area contributed by atoms with Crippen LogP contribution in [0.4, 0.5) is 0 Å². The first-order chi connectivity index (χ1) is 12.8. The minimum atomic E-state index is -3.39. The predicted molar refractivity (Wildman–Crippen MR) is 103 cm³/mol. The van der Waals surface area contributed by atoms with Gasteiger partial charge in [-0.05, 0) is 16.7 Å². The van der Waals surface area contributed by atoms with Crippen LogP contribution in [0.5, 0.6) is 0 Å². The molecule has 0 unspecified atom stereocenters. The van der Waals surface area contributed by atoms with Gasteiger partial charge in [0.2, 0.25) is 10.0 Å². The Bertz CT molecular complexity index is 913. The SMILES string of the molecule is COC(=O)[C@]1(Cc2cccc(-c3ccccc3)c2)C[C@@H](NS(C)(=O)=O)CO1. The lowest BCUT2D eigenvalue weighted by Crippen LogP contribution is -2.43. The first-order valence-corrected chi connectivity index (χ1v) is 10.5. The number of hydrogen-bond acceptors (Lipinski definition) is 5. The highest BCUT2D eigenvalue weighted by Gasteiger charge is 2.48. The number of benzene rings is 2. The van der Waals surface area contributed by atoms with E-state index in [0.29, 0.717) is 6.42 Å². The van der Waals surface area contributed by atoms with E-state index < -0.39 is 27.6 Å². The van der Waals surface area contributed by atoms with Crippen molar-refractivity contribution >= 4 is 16.0 Å². The number of carbonyl (C=O) groups excluding carboxylic acids is 1. The van der Waals surface area contributed by atoms with Crippen LogP contribution >= 0.6 is 0 Å². The third-order valence-electron chi connectivity index (χ3n) is 4.60. The normalized spacial score (nSPS) is 22.5. The van der Waals surface area contributed by atoms with Crippen molar-refractivity contribution in [3.05, 3.63) is 60.2 Å². The second-order valence-electron chi connectivity index (χ2n) is 6.83. The summed E-state index contributed by atoms with van der Waals surface area (Å²) in [6.07, 6.45) is 1.62. The Kier molecular flexibility index (Phi) is 5.64. The van der Waals surface area contributed by atoms with Crippen LogP contribution in [0.25, 0.3) is 11.1 Å². The van der Waals surface area contributed by atoms with Gasteiger partial charge >= 0.3 is 5.97 Å². The summed E-state index contributed by atoms with van der Waals surface area (Å²) in [4.78, 5) is 12.5. The molecule has 27 heavy (non-hydrogen) atoms. The summed E-state index contributed by atoms with van der Waals surface area (Å²) < 4.78 is 36.3. The van der Waals surface area contributed by atoms with Crippen LogP contribution < -0.4 is 4.72 Å². The van der Waals surface area contributed by atoms with Gasteiger partial charge in [-0.3, -0.25) is 0 Å². The van der Waals surface area contributed by atoms with Crippen LogP contribution in [0.3, 0.4) is 0 Å². The van der Waals surface area contributed by atoms with Gasteiger partial charge in [0.05, 0.1) is 20.0 Å². The predicted octanol–water partition coefficient (Wildman–Crippen LogP) is 2.15. The minimum absolute atomic E-state index is 0.126. The summed E-state index contributed by atoms with van der Waals surface area (Å²) in [5.41, 5.74) is 1.83. The number of rotatable bonds is 6. The summed E-state index contributed by atoms with van der Waals surface area (Å²) in [7, 11) is -2.08. The molecular weight excluding hydrogens is 366 g/mol. The average Bonchev–Trinajstić information content (AvgIpc) is 3.03. The summed E-state index contributed by atoms with van der Waals surface area (Å²) in [6.45, 7) is 0.126. The number of methoxy groups -OCH3 is 1. The number of sulfonamides is 1. The van der Waals surface area contributed by atoms with Crippen molar-refractivity contribution in [3.8, 4) is 11.1 Å². The van der Waals surface area contributed by atoms with Gasteiger partial charge in [-0.2, -0.15) is 0 Å². The second-order valence-corrected chi connectivity index (χ2v) is 8.61. The number of hydrogen-bond donors (Lipinski definition) is 1. The van der Waals surface area contributed by atoms with Crippen LogP contribution in [0.1, 0.15) is 12.0 Å². The molecule has 2 aromatic rings. The molecule has 2 aromatic carbocycles. The lowest BCUT2D eigenvalue weighted by molar-refractivity contribution is -0.163. The third-order valence-corrected chi connectivity index (χ3v) is 5.36. The van der Waals surface area contributed by atoms with E-state index in [1.807, 2.05) is 54.6 Å². The van der Waals surface area contributed by atoms with Crippen LogP contribution in [0.15, 0.2) is 54.6 Å². The summed E-state index contributed by atoms with van der Waals surface area (Å²) >= 11 is 0. The Labute approximate surface area is 159 Å². The van der Waals surface area contributed by atoms with E-state index in [1.165, 1.54) is 7.11 Å². The molecule has 1 aliphatic rings. The van der Waals surface area contributed by atoms with Gasteiger partial charge in [-0.15, -0.1) is 0 Å². The molecule has 3 rings (SSSR count). The maximum Gasteiger partial charge on any atom is 0.338 e. The first kappa shape index (κ1) is 19.5. The second kappa shape index (κ2) is 7.80. The van der Waals surface area contributed by atoms with Gasteiger partial charge in [0, 0.05) is 18.9 Å². The summed E-state index contributed by atoms with van der Waals surface area (Å²) in [5, 5.41) is 0. The quantitative estimate of drug-likeness (QED) is 0.766. The maximum absolute atomic E-state index is 12.5. The maximum atomic E-state index is 12.5. The fourth-order valence-corrected chi connectivity index (χ4v) is 4.26. The lowest BCUT2D eigenvalue weighted by atomic mass is 9.89. The van der Waals surface area contributed by atoms with Crippen molar-refractivity contribution < 1.29 is 22.7 Å². The minimum Gasteiger partial charge on any atom is -0.467 e. The zero-order chi connectivity index (χ0) is 19.5. The van der Waals surface area contributed by atoms with Crippen molar-refractivity contribution in [2.45, 2.75) is 24.5 Å². The molecule has 144 valence electrons. The van der Waals surface area contributed by atoms with Crippen molar-refractivity contribution in [2.24, 2.45) is 0 Å². The van der Waals surface area contributed by atoms with Crippen molar-refractivity contribution in [1.82, 2.24) is 4.72 Å². The van der Waals surface area contributed by atoms with Crippen LogP contribution in [0, 0.1) is 0 Å². The third kappa shape index (κ3) is 4.74. The van der Waals surface area contributed by atoms with E-state index in [4.69, 9.17) is 9.47 Å². The highest BCUT2D eigenvalue weighted by atomic mass is 32.2. The number of esters is 1. The molecule has 1 aliphatic heterocycles. The number of carbonyl (C=O) groups is 1. The molecule has 2 atom stereocenters. The van der Waals surface area contributed by atoms with Gasteiger partial charge in [0.25, 0.3) is 0 Å². The molecule has 1 fully saturated rings. The molecule has 1 N–H and O–H groups in total. The Morgan fingerprint density at radius 2 is 1.89 bits per heavy atom. The van der Waals surface area contributed by atoms with Gasteiger partial charge in [0.15, 0.2) is 5.60 Å². The zero-order valence-corrected chi connectivity index (χ0v) is 16.2. The van der Waals surface area contributed by atoms with Gasteiger partial charge in [-0.1, -0.05) is 54.6 Å². The summed E-state index contributed by atoms with van der Waals surface area (Å²) in [6, 6.07) is 17.4. The number of nitrogens with one attached hydrogen (secondary N) is 1. The van der Waals surface area contributed by atoms with Gasteiger partial charge in [-0.25, -0.2) is 17.9 Å². The van der Waals surface area contributed by atoms with Crippen LogP contribution in [0.2, 0.25) is 0 Å². The Morgan fingerprint density at radius 1 is 1.19 bits per heavy atom. The fourth-order valence-electron chi connectivity index (χ4n) is 3.50. The smallest absolute Gasteiger partial charge is 0.338 e. The fraction of sp³-hybridized carbons (Fsp3) is 0.350. The standard InChI is InChI=1S/C20H23NO5S/c1-25-19(22)20(13-18(14-26-20)21-27(2,23)24)12-15-7-6-10-17(11-15)16-8-4-3-5-9-16/h3-11,18,21H,12-14H2,1-2H3/t18-,20+/m1/s1. The molecular formula is C20H23NO5S. The average molecular weight is 389 g/mol. The molecule has 7 heteroatoms. The largest absolute Gasteiger partial charge is 0.467 e. The Hall–Kier alpha value is -2.22. The molecule has 0 amide bonds. The molecule has 1 heterocycles. The van der Waals surface area contributed by atoms with E-state index in [0.717, 1.165) is 22.9 Å². The zero-order valence-electron chi connectivity index (χ0n) is 15.3. The summed E-state index contributed by atoms with van der Waals surface area (Å²) in [5.74, 6) is -0.495. The van der Waals surface area contributed by atoms with Crippen molar-refractivity contribution in [3.63, 3.8) is 0 Å². The van der Waals surface area contributed by atoms with E-state index in [-0.39, 0.29) is 13.0 Å². The van der Waals surface area contributed by atoms with E-state index in [1.54, 1.807) is 0 Å². The monoisotopic (exact) mass is 389 g/mol. The topological polar surface area (TPSA) is 81.7 Å². The molecule has 0 aliphatic carbocycles. The van der Waals surface area contributed by atoms with E-state index >= 15 is 0 Å². The van der Waals surface area contributed by atoms with Crippen LogP contribution in [-0.4, -0.2) is 46.0 Å². The highest BCUT2D eigenvalue weighted by molar-refractivity contribution is 7.88. The van der Waals surface area contributed by atoms with E-state index in [2.05, 4.69) is 4.72 Å². The molecule has 6 nitrogen and oxygen atoms in total.